The fourth-order valence-electron chi connectivity index (χ4n) is 1.50. The lowest BCUT2D eigenvalue weighted by molar-refractivity contribution is -0.146. The van der Waals surface area contributed by atoms with Crippen molar-refractivity contribution in [3.63, 3.8) is 0 Å². The Balaban J connectivity index is 2.92. The van der Waals surface area contributed by atoms with Crippen molar-refractivity contribution < 1.29 is 31.5 Å². The van der Waals surface area contributed by atoms with Crippen molar-refractivity contribution in [3.8, 4) is 0 Å². The molecule has 1 heterocycles. The normalized spacial score (nSPS) is 20.2. The molecular formula is C9H15BN2O7S. The molecule has 0 aromatic rings. The van der Waals surface area contributed by atoms with Crippen LogP contribution in [0.2, 0.25) is 0 Å². The minimum atomic E-state index is -4.31. The van der Waals surface area contributed by atoms with Gasteiger partial charge >= 0.3 is 29.4 Å². The van der Waals surface area contributed by atoms with Gasteiger partial charge in [0.05, 0.1) is 13.1 Å². The van der Waals surface area contributed by atoms with Crippen LogP contribution >= 0.6 is 0 Å². The summed E-state index contributed by atoms with van der Waals surface area (Å²) in [4.78, 5) is 24.4. The summed E-state index contributed by atoms with van der Waals surface area (Å²) in [6.07, 6.45) is 2.70. The highest BCUT2D eigenvalue weighted by Crippen LogP contribution is 2.10. The first-order valence-corrected chi connectivity index (χ1v) is 7.09. The SMILES string of the molecule is CC=CC(OS(N)(=O)=O)B1OC(=O)CN(C)CC(=O)O1. The van der Waals surface area contributed by atoms with Crippen LogP contribution in [0.1, 0.15) is 6.92 Å². The van der Waals surface area contributed by atoms with Crippen molar-refractivity contribution in [2.45, 2.75) is 12.9 Å². The number of hydrogen-bond donors (Lipinski definition) is 1. The van der Waals surface area contributed by atoms with E-state index in [0.29, 0.717) is 0 Å². The molecule has 1 unspecified atom stereocenters. The Morgan fingerprint density at radius 2 is 1.85 bits per heavy atom. The predicted octanol–water partition coefficient (Wildman–Crippen LogP) is -1.79. The lowest BCUT2D eigenvalue weighted by Crippen LogP contribution is -2.49. The standard InChI is InChI=1S/C9H15BN2O7S/c1-3-4-7(19-20(11,15)16)10-17-8(13)5-12(2)6-9(14)18-10/h3-4,7H,5-6H2,1-2H3,(H2,11,15,16). The second-order valence-electron chi connectivity index (χ2n) is 4.10. The van der Waals surface area contributed by atoms with Crippen molar-refractivity contribution in [2.75, 3.05) is 20.1 Å². The number of rotatable bonds is 4. The summed E-state index contributed by atoms with van der Waals surface area (Å²) >= 11 is 0. The summed E-state index contributed by atoms with van der Waals surface area (Å²) in [7, 11) is -4.29. The van der Waals surface area contributed by atoms with Gasteiger partial charge in [0.15, 0.2) is 6.00 Å². The molecule has 1 atom stereocenters. The lowest BCUT2D eigenvalue weighted by atomic mass is 9.80. The average molecular weight is 306 g/mol. The quantitative estimate of drug-likeness (QED) is 0.477. The van der Waals surface area contributed by atoms with E-state index in [0.717, 1.165) is 0 Å². The fourth-order valence-corrected chi connectivity index (χ4v) is 1.97. The zero-order valence-electron chi connectivity index (χ0n) is 11.0. The Hall–Kier alpha value is -1.43. The Labute approximate surface area is 117 Å². The van der Waals surface area contributed by atoms with Gasteiger partial charge < -0.3 is 9.31 Å². The van der Waals surface area contributed by atoms with Crippen LogP contribution in [0.3, 0.4) is 0 Å². The Bertz CT molecular complexity index is 486. The van der Waals surface area contributed by atoms with Crippen LogP contribution in [0.15, 0.2) is 12.2 Å². The largest absolute Gasteiger partial charge is 0.635 e. The average Bonchev–Trinajstić information content (AvgIpc) is 2.23. The van der Waals surface area contributed by atoms with E-state index in [9.17, 15) is 18.0 Å². The van der Waals surface area contributed by atoms with Crippen LogP contribution in [0.4, 0.5) is 0 Å². The van der Waals surface area contributed by atoms with Crippen LogP contribution in [0.5, 0.6) is 0 Å². The van der Waals surface area contributed by atoms with Crippen molar-refractivity contribution in [3.05, 3.63) is 12.2 Å². The van der Waals surface area contributed by atoms with E-state index in [-0.39, 0.29) is 13.1 Å². The topological polar surface area (TPSA) is 125 Å². The van der Waals surface area contributed by atoms with Crippen molar-refractivity contribution in [2.24, 2.45) is 5.14 Å². The zero-order valence-corrected chi connectivity index (χ0v) is 11.8. The van der Waals surface area contributed by atoms with E-state index in [1.54, 1.807) is 6.92 Å². The van der Waals surface area contributed by atoms with E-state index in [4.69, 9.17) is 14.4 Å². The molecule has 1 aliphatic heterocycles. The van der Waals surface area contributed by atoms with Gasteiger partial charge in [-0.15, -0.1) is 0 Å². The van der Waals surface area contributed by atoms with E-state index in [1.165, 1.54) is 24.1 Å². The number of carbonyl (C=O) groups excluding carboxylic acids is 2. The maximum atomic E-state index is 11.5. The summed E-state index contributed by atoms with van der Waals surface area (Å²) in [6, 6.07) is -1.34. The van der Waals surface area contributed by atoms with Gasteiger partial charge in [-0.1, -0.05) is 12.2 Å². The molecule has 2 N–H and O–H groups in total. The van der Waals surface area contributed by atoms with Gasteiger partial charge in [0.2, 0.25) is 0 Å². The van der Waals surface area contributed by atoms with E-state index >= 15 is 0 Å². The molecular weight excluding hydrogens is 291 g/mol. The molecule has 0 bridgehead atoms. The van der Waals surface area contributed by atoms with Crippen LogP contribution in [-0.4, -0.2) is 58.5 Å². The second kappa shape index (κ2) is 6.84. The molecule has 20 heavy (non-hydrogen) atoms. The molecule has 0 saturated carbocycles. The molecule has 11 heteroatoms. The highest BCUT2D eigenvalue weighted by molar-refractivity contribution is 7.84. The highest BCUT2D eigenvalue weighted by atomic mass is 32.2. The Kier molecular flexibility index (Phi) is 5.68. The maximum absolute atomic E-state index is 11.5. The summed E-state index contributed by atoms with van der Waals surface area (Å²) in [5.41, 5.74) is 0. The van der Waals surface area contributed by atoms with Gasteiger partial charge in [0.1, 0.15) is 0 Å². The second-order valence-corrected chi connectivity index (χ2v) is 5.28. The van der Waals surface area contributed by atoms with E-state index in [2.05, 4.69) is 4.18 Å². The first-order valence-electron chi connectivity index (χ1n) is 5.62. The van der Waals surface area contributed by atoms with Crippen LogP contribution in [-0.2, 0) is 33.4 Å². The first kappa shape index (κ1) is 16.6. The molecule has 0 spiro atoms. The van der Waals surface area contributed by atoms with Crippen molar-refractivity contribution in [1.82, 2.24) is 4.90 Å². The number of nitrogens with two attached hydrogens (primary N) is 1. The number of likely N-dealkylation sites (N-methyl/N-ethyl adjacent to an activating group) is 1. The lowest BCUT2D eigenvalue weighted by Gasteiger charge is -2.25. The molecule has 0 radical (unpaired) electrons. The maximum Gasteiger partial charge on any atom is 0.635 e. The molecule has 1 saturated heterocycles. The molecule has 0 amide bonds. The molecule has 1 rings (SSSR count). The van der Waals surface area contributed by atoms with Gasteiger partial charge in [-0.2, -0.15) is 8.42 Å². The molecule has 0 aromatic heterocycles. The van der Waals surface area contributed by atoms with Crippen LogP contribution < -0.4 is 5.14 Å². The summed E-state index contributed by atoms with van der Waals surface area (Å²) in [5.74, 6) is -1.37. The minimum Gasteiger partial charge on any atom is -0.496 e. The smallest absolute Gasteiger partial charge is 0.496 e. The molecule has 9 nitrogen and oxygen atoms in total. The summed E-state index contributed by atoms with van der Waals surface area (Å²) in [5, 5.41) is 4.76. The Morgan fingerprint density at radius 3 is 2.25 bits per heavy atom. The van der Waals surface area contributed by atoms with Gasteiger partial charge in [0, 0.05) is 0 Å². The van der Waals surface area contributed by atoms with Crippen LogP contribution in [0, 0.1) is 0 Å². The van der Waals surface area contributed by atoms with E-state index in [1.807, 2.05) is 0 Å². The monoisotopic (exact) mass is 306 g/mol. The molecule has 0 aliphatic carbocycles. The first-order chi connectivity index (χ1) is 9.21. The van der Waals surface area contributed by atoms with Gasteiger partial charge in [-0.25, -0.2) is 5.14 Å². The summed E-state index contributed by atoms with van der Waals surface area (Å²) in [6.45, 7) is 1.31. The third kappa shape index (κ3) is 5.69. The third-order valence-corrected chi connectivity index (χ3v) is 2.68. The fraction of sp³-hybridized carbons (Fsp3) is 0.556. The molecule has 1 fully saturated rings. The number of nitrogens with zero attached hydrogens (tertiary/aromatic N) is 1. The summed E-state index contributed by atoms with van der Waals surface area (Å²) < 4.78 is 36.2. The van der Waals surface area contributed by atoms with Gasteiger partial charge in [-0.05, 0) is 14.0 Å². The molecule has 0 aromatic carbocycles. The van der Waals surface area contributed by atoms with E-state index < -0.39 is 35.4 Å². The van der Waals surface area contributed by atoms with Gasteiger partial charge in [0.25, 0.3) is 0 Å². The number of hydrogen-bond acceptors (Lipinski definition) is 8. The predicted molar refractivity (Wildman–Crippen MR) is 68.2 cm³/mol. The van der Waals surface area contributed by atoms with Gasteiger partial charge in [-0.3, -0.25) is 18.7 Å². The number of allylic oxidation sites excluding steroid dienone is 1. The highest BCUT2D eigenvalue weighted by Gasteiger charge is 2.41. The Morgan fingerprint density at radius 1 is 1.35 bits per heavy atom. The molecule has 1 aliphatic rings. The zero-order chi connectivity index (χ0) is 15.3. The third-order valence-electron chi connectivity index (χ3n) is 2.19. The van der Waals surface area contributed by atoms with Crippen molar-refractivity contribution >= 4 is 29.4 Å². The number of carbonyl (C=O) groups is 2. The minimum absolute atomic E-state index is 0.135. The molecule has 112 valence electrons. The van der Waals surface area contributed by atoms with Crippen LogP contribution in [0.25, 0.3) is 0 Å². The van der Waals surface area contributed by atoms with Crippen molar-refractivity contribution in [1.29, 1.82) is 0 Å².